The van der Waals surface area contributed by atoms with E-state index in [4.69, 9.17) is 18.9 Å². The maximum atomic E-state index is 13.8. The second-order valence-electron chi connectivity index (χ2n) is 10.6. The van der Waals surface area contributed by atoms with Gasteiger partial charge in [-0.3, -0.25) is 14.3 Å². The molecule has 1 aliphatic rings. The lowest BCUT2D eigenvalue weighted by Crippen LogP contribution is -2.32. The summed E-state index contributed by atoms with van der Waals surface area (Å²) in [5.74, 6) is 0.947. The van der Waals surface area contributed by atoms with E-state index in [1.54, 1.807) is 47.4 Å². The first-order valence-electron chi connectivity index (χ1n) is 15.3. The van der Waals surface area contributed by atoms with Crippen molar-refractivity contribution in [1.29, 1.82) is 0 Å². The Labute approximate surface area is 269 Å². The predicted molar refractivity (Wildman–Crippen MR) is 176 cm³/mol. The van der Waals surface area contributed by atoms with Gasteiger partial charge < -0.3 is 23.8 Å². The molecular weight excluding hydrogens is 608 g/mol. The second kappa shape index (κ2) is 14.1. The lowest BCUT2D eigenvalue weighted by Gasteiger charge is -2.16. The largest absolute Gasteiger partial charge is 0.493 e. The lowest BCUT2D eigenvalue weighted by molar-refractivity contribution is -0.118. The van der Waals surface area contributed by atoms with E-state index in [1.165, 1.54) is 0 Å². The number of nitrogens with zero attached hydrogens (tertiary/aromatic N) is 1. The van der Waals surface area contributed by atoms with Gasteiger partial charge in [-0.1, -0.05) is 42.5 Å². The van der Waals surface area contributed by atoms with Gasteiger partial charge in [0, 0.05) is 22.0 Å². The second-order valence-corrected chi connectivity index (χ2v) is 12.3. The molecule has 0 aromatic heterocycles. The molecule has 1 heterocycles. The van der Waals surface area contributed by atoms with Gasteiger partial charge in [-0.2, -0.15) is 0 Å². The molecule has 10 nitrogen and oxygen atoms in total. The lowest BCUT2D eigenvalue weighted by atomic mass is 9.99. The maximum Gasteiger partial charge on any atom is 0.262 e. The fraction of sp³-hybridized carbons (Fsp3) is 0.314. The van der Waals surface area contributed by atoms with Crippen molar-refractivity contribution in [1.82, 2.24) is 4.72 Å². The monoisotopic (exact) mass is 646 g/mol. The Kier molecular flexibility index (Phi) is 10.0. The van der Waals surface area contributed by atoms with Crippen LogP contribution in [0.5, 0.6) is 23.0 Å². The Hall–Kier alpha value is -4.77. The summed E-state index contributed by atoms with van der Waals surface area (Å²) in [5.41, 5.74) is 2.88. The van der Waals surface area contributed by atoms with Crippen LogP contribution in [0.1, 0.15) is 54.7 Å². The summed E-state index contributed by atoms with van der Waals surface area (Å²) >= 11 is 0. The van der Waals surface area contributed by atoms with E-state index in [0.29, 0.717) is 71.8 Å². The molecule has 4 aromatic rings. The molecule has 0 aliphatic carbocycles. The van der Waals surface area contributed by atoms with Crippen molar-refractivity contribution in [3.63, 3.8) is 0 Å². The number of benzene rings is 4. The number of sulfonamides is 1. The third-order valence-electron chi connectivity index (χ3n) is 7.42. The van der Waals surface area contributed by atoms with Crippen molar-refractivity contribution in [3.05, 3.63) is 89.0 Å². The third kappa shape index (κ3) is 6.89. The smallest absolute Gasteiger partial charge is 0.262 e. The molecule has 0 saturated heterocycles. The van der Waals surface area contributed by atoms with Crippen LogP contribution in [0, 0.1) is 0 Å². The van der Waals surface area contributed by atoms with Gasteiger partial charge in [-0.15, -0.1) is 0 Å². The Morgan fingerprint density at radius 1 is 0.761 bits per heavy atom. The van der Waals surface area contributed by atoms with E-state index < -0.39 is 21.7 Å². The number of carbonyl (C=O) groups excluding carboxylic acids is 2. The van der Waals surface area contributed by atoms with Gasteiger partial charge in [-0.05, 0) is 63.1 Å². The molecule has 2 amide bonds. The zero-order chi connectivity index (χ0) is 32.8. The van der Waals surface area contributed by atoms with Gasteiger partial charge in [-0.25, -0.2) is 8.42 Å². The summed E-state index contributed by atoms with van der Waals surface area (Å²) in [4.78, 5) is 28.1. The third-order valence-corrected chi connectivity index (χ3v) is 8.67. The van der Waals surface area contributed by atoms with Crippen LogP contribution >= 0.6 is 0 Å². The molecule has 0 fully saturated rings. The predicted octanol–water partition coefficient (Wildman–Crippen LogP) is 5.78. The van der Waals surface area contributed by atoms with E-state index in [9.17, 15) is 18.0 Å². The topological polar surface area (TPSA) is 120 Å². The molecule has 0 bridgehead atoms. The highest BCUT2D eigenvalue weighted by atomic mass is 32.2. The van der Waals surface area contributed by atoms with Gasteiger partial charge in [0.2, 0.25) is 15.9 Å². The molecule has 5 rings (SSSR count). The Morgan fingerprint density at radius 3 is 2.00 bits per heavy atom. The van der Waals surface area contributed by atoms with Crippen LogP contribution in [-0.2, 0) is 33.5 Å². The molecule has 1 aliphatic heterocycles. The summed E-state index contributed by atoms with van der Waals surface area (Å²) in [5, 5.41) is 1.68. The van der Waals surface area contributed by atoms with Crippen LogP contribution in [-0.4, -0.2) is 46.7 Å². The maximum absolute atomic E-state index is 13.8. The van der Waals surface area contributed by atoms with Gasteiger partial charge in [0.05, 0.1) is 50.7 Å². The van der Waals surface area contributed by atoms with E-state index in [2.05, 4.69) is 4.72 Å². The molecular formula is C35H38N2O8S. The van der Waals surface area contributed by atoms with Crippen molar-refractivity contribution in [2.75, 3.05) is 31.3 Å². The SMILES string of the molecule is CCOc1ccc(CC(=O)NS(=O)(=O)Cc2ccc(N3Cc4c(c(OCC)c5ccccc5c4OCC)C3=O)cc2)cc1OCC. The fourth-order valence-electron chi connectivity index (χ4n) is 5.61. The van der Waals surface area contributed by atoms with Crippen molar-refractivity contribution >= 4 is 38.3 Å². The summed E-state index contributed by atoms with van der Waals surface area (Å²) in [7, 11) is -3.99. The Balaban J connectivity index is 1.30. The summed E-state index contributed by atoms with van der Waals surface area (Å²) in [6, 6.07) is 19.5. The normalized spacial score (nSPS) is 12.6. The van der Waals surface area contributed by atoms with Crippen LogP contribution in [0.3, 0.4) is 0 Å². The number of carbonyl (C=O) groups is 2. The number of anilines is 1. The van der Waals surface area contributed by atoms with E-state index in [0.717, 1.165) is 16.3 Å². The molecule has 11 heteroatoms. The number of hydrogen-bond acceptors (Lipinski definition) is 8. The number of ether oxygens (including phenoxy) is 4. The van der Waals surface area contributed by atoms with Crippen LogP contribution in [0.2, 0.25) is 0 Å². The minimum absolute atomic E-state index is 0.148. The highest BCUT2D eigenvalue weighted by Gasteiger charge is 2.36. The van der Waals surface area contributed by atoms with Crippen molar-refractivity contribution in [2.24, 2.45) is 0 Å². The summed E-state index contributed by atoms with van der Waals surface area (Å²) in [6.45, 7) is 9.47. The van der Waals surface area contributed by atoms with Crippen LogP contribution < -0.4 is 28.6 Å². The Morgan fingerprint density at radius 2 is 1.35 bits per heavy atom. The van der Waals surface area contributed by atoms with Crippen molar-refractivity contribution < 1.29 is 37.0 Å². The van der Waals surface area contributed by atoms with Crippen LogP contribution in [0.15, 0.2) is 66.7 Å². The minimum Gasteiger partial charge on any atom is -0.493 e. The molecule has 242 valence electrons. The fourth-order valence-corrected chi connectivity index (χ4v) is 6.73. The highest BCUT2D eigenvalue weighted by Crippen LogP contribution is 2.46. The first kappa shape index (κ1) is 32.6. The van der Waals surface area contributed by atoms with Crippen molar-refractivity contribution in [3.8, 4) is 23.0 Å². The molecule has 46 heavy (non-hydrogen) atoms. The average molecular weight is 647 g/mol. The highest BCUT2D eigenvalue weighted by molar-refractivity contribution is 7.89. The number of amides is 2. The number of rotatable bonds is 14. The number of hydrogen-bond donors (Lipinski definition) is 1. The van der Waals surface area contributed by atoms with E-state index >= 15 is 0 Å². The first-order chi connectivity index (χ1) is 22.2. The Bertz CT molecular complexity index is 1860. The molecule has 0 atom stereocenters. The van der Waals surface area contributed by atoms with Gasteiger partial charge in [0.1, 0.15) is 11.5 Å². The average Bonchev–Trinajstić information content (AvgIpc) is 3.37. The van der Waals surface area contributed by atoms with Gasteiger partial charge in [0.25, 0.3) is 5.91 Å². The van der Waals surface area contributed by atoms with Gasteiger partial charge >= 0.3 is 0 Å². The molecule has 0 radical (unpaired) electrons. The summed E-state index contributed by atoms with van der Waals surface area (Å²) < 4.78 is 51.2. The quantitative estimate of drug-likeness (QED) is 0.183. The zero-order valence-corrected chi connectivity index (χ0v) is 27.2. The molecule has 1 N–H and O–H groups in total. The molecule has 0 unspecified atom stereocenters. The van der Waals surface area contributed by atoms with E-state index in [-0.39, 0.29) is 18.9 Å². The first-order valence-corrected chi connectivity index (χ1v) is 17.0. The number of fused-ring (bicyclic) bond motifs is 2. The van der Waals surface area contributed by atoms with Crippen molar-refractivity contribution in [2.45, 2.75) is 46.4 Å². The minimum atomic E-state index is -3.99. The van der Waals surface area contributed by atoms with Crippen LogP contribution in [0.4, 0.5) is 5.69 Å². The van der Waals surface area contributed by atoms with Crippen LogP contribution in [0.25, 0.3) is 10.8 Å². The molecule has 0 saturated carbocycles. The standard InChI is InChI=1S/C35H38N2O8S/c1-5-42-29-18-15-24(19-30(29)43-6-2)20-31(38)36-46(40,41)22-23-13-16-25(17-14-23)37-21-28-32(35(37)39)34(45-8-4)27-12-10-9-11-26(27)33(28)44-7-3/h9-19H,5-8,20-22H2,1-4H3,(H,36,38). The summed E-state index contributed by atoms with van der Waals surface area (Å²) in [6.07, 6.45) is -0.148. The molecule has 0 spiro atoms. The molecule has 4 aromatic carbocycles. The number of nitrogens with one attached hydrogen (secondary N) is 1. The van der Waals surface area contributed by atoms with E-state index in [1.807, 2.05) is 52.0 Å². The zero-order valence-electron chi connectivity index (χ0n) is 26.4. The van der Waals surface area contributed by atoms with Gasteiger partial charge in [0.15, 0.2) is 11.5 Å².